The first-order chi connectivity index (χ1) is 13.3. The molecule has 0 atom stereocenters. The van der Waals surface area contributed by atoms with Crippen molar-refractivity contribution in [2.45, 2.75) is 12.8 Å². The molecule has 0 saturated carbocycles. The molecule has 0 aliphatic rings. The molecule has 1 amide bonds. The van der Waals surface area contributed by atoms with Crippen LogP contribution in [0.2, 0.25) is 0 Å². The molecule has 0 unspecified atom stereocenters. The van der Waals surface area contributed by atoms with Crippen LogP contribution in [0.5, 0.6) is 5.75 Å². The maximum Gasteiger partial charge on any atom is 0.262 e. The summed E-state index contributed by atoms with van der Waals surface area (Å²) in [5.41, 5.74) is 3.16. The minimum atomic E-state index is -0.178. The van der Waals surface area contributed by atoms with Gasteiger partial charge >= 0.3 is 0 Å². The largest absolute Gasteiger partial charge is 0.484 e. The number of ether oxygens (including phenoxy) is 1. The predicted octanol–water partition coefficient (Wildman–Crippen LogP) is 4.75. The molecule has 3 rings (SSSR count). The number of para-hydroxylation sites is 1. The summed E-state index contributed by atoms with van der Waals surface area (Å²) >= 11 is 0. The number of amides is 1. The molecule has 0 spiro atoms. The Kier molecular flexibility index (Phi) is 6.87. The van der Waals surface area contributed by atoms with Crippen molar-refractivity contribution in [1.29, 1.82) is 0 Å². The zero-order valence-electron chi connectivity index (χ0n) is 15.2. The summed E-state index contributed by atoms with van der Waals surface area (Å²) in [6, 6.07) is 27.5. The van der Waals surface area contributed by atoms with Crippen LogP contribution in [0.15, 0.2) is 84.9 Å². The van der Waals surface area contributed by atoms with E-state index in [4.69, 9.17) is 4.74 Å². The molecule has 0 aliphatic heterocycles. The van der Waals surface area contributed by atoms with Gasteiger partial charge < -0.3 is 15.4 Å². The van der Waals surface area contributed by atoms with Gasteiger partial charge in [-0.25, -0.2) is 0 Å². The van der Waals surface area contributed by atoms with Crippen LogP contribution in [0.3, 0.4) is 0 Å². The summed E-state index contributed by atoms with van der Waals surface area (Å²) in [7, 11) is 0. The summed E-state index contributed by atoms with van der Waals surface area (Å²) in [5.74, 6) is 0.505. The standard InChI is InChI=1S/C23H24N2O2/c26-23(18-27-22-11-5-2-6-12-22)25-21-15-13-20(14-16-21)24-17-7-10-19-8-3-1-4-9-19/h1-6,8-9,11-16,24H,7,10,17-18H2,(H,25,26). The molecule has 4 heteroatoms. The Bertz CT molecular complexity index is 818. The van der Waals surface area contributed by atoms with E-state index in [1.807, 2.05) is 60.7 Å². The van der Waals surface area contributed by atoms with Crippen molar-refractivity contribution in [2.75, 3.05) is 23.8 Å². The maximum absolute atomic E-state index is 12.0. The molecule has 27 heavy (non-hydrogen) atoms. The van der Waals surface area contributed by atoms with Gasteiger partial charge in [0.25, 0.3) is 5.91 Å². The van der Waals surface area contributed by atoms with Gasteiger partial charge in [-0.3, -0.25) is 4.79 Å². The Morgan fingerprint density at radius 3 is 2.11 bits per heavy atom. The van der Waals surface area contributed by atoms with E-state index in [0.717, 1.165) is 30.8 Å². The van der Waals surface area contributed by atoms with Crippen LogP contribution in [0, 0.1) is 0 Å². The number of carbonyl (C=O) groups excluding carboxylic acids is 1. The molecule has 0 fully saturated rings. The van der Waals surface area contributed by atoms with Gasteiger partial charge in [-0.2, -0.15) is 0 Å². The summed E-state index contributed by atoms with van der Waals surface area (Å²) in [4.78, 5) is 12.0. The zero-order chi connectivity index (χ0) is 18.7. The highest BCUT2D eigenvalue weighted by molar-refractivity contribution is 5.92. The van der Waals surface area contributed by atoms with Gasteiger partial charge in [-0.05, 0) is 54.8 Å². The van der Waals surface area contributed by atoms with Gasteiger partial charge in [0.2, 0.25) is 0 Å². The molecule has 2 N–H and O–H groups in total. The molecule has 0 aromatic heterocycles. The lowest BCUT2D eigenvalue weighted by molar-refractivity contribution is -0.118. The first kappa shape index (κ1) is 18.5. The second-order valence-electron chi connectivity index (χ2n) is 6.24. The lowest BCUT2D eigenvalue weighted by Crippen LogP contribution is -2.20. The van der Waals surface area contributed by atoms with Crippen LogP contribution in [0.25, 0.3) is 0 Å². The molecule has 3 aromatic carbocycles. The SMILES string of the molecule is O=C(COc1ccccc1)Nc1ccc(NCCCc2ccccc2)cc1. The monoisotopic (exact) mass is 360 g/mol. The molecular formula is C23H24N2O2. The average Bonchev–Trinajstić information content (AvgIpc) is 2.72. The number of rotatable bonds is 9. The maximum atomic E-state index is 12.0. The normalized spacial score (nSPS) is 10.2. The number of aryl methyl sites for hydroxylation is 1. The first-order valence-corrected chi connectivity index (χ1v) is 9.15. The zero-order valence-corrected chi connectivity index (χ0v) is 15.2. The molecule has 0 heterocycles. The van der Waals surface area contributed by atoms with Crippen LogP contribution in [0.1, 0.15) is 12.0 Å². The minimum Gasteiger partial charge on any atom is -0.484 e. The van der Waals surface area contributed by atoms with Gasteiger partial charge in [0.15, 0.2) is 6.61 Å². The van der Waals surface area contributed by atoms with E-state index in [9.17, 15) is 4.79 Å². The van der Waals surface area contributed by atoms with Gasteiger partial charge in [0.05, 0.1) is 0 Å². The summed E-state index contributed by atoms with van der Waals surface area (Å²) in [5, 5.41) is 6.24. The van der Waals surface area contributed by atoms with Crippen LogP contribution in [-0.2, 0) is 11.2 Å². The molecule has 138 valence electrons. The van der Waals surface area contributed by atoms with E-state index in [1.165, 1.54) is 5.56 Å². The van der Waals surface area contributed by atoms with Crippen molar-refractivity contribution in [3.05, 3.63) is 90.5 Å². The average molecular weight is 360 g/mol. The quantitative estimate of drug-likeness (QED) is 0.542. The molecule has 0 saturated heterocycles. The third kappa shape index (κ3) is 6.51. The Morgan fingerprint density at radius 2 is 1.41 bits per heavy atom. The second kappa shape index (κ2) is 10.0. The fourth-order valence-electron chi connectivity index (χ4n) is 2.70. The Balaban J connectivity index is 1.37. The van der Waals surface area contributed by atoms with Crippen molar-refractivity contribution in [3.8, 4) is 5.75 Å². The smallest absolute Gasteiger partial charge is 0.262 e. The summed E-state index contributed by atoms with van der Waals surface area (Å²) in [6.45, 7) is 0.898. The number of carbonyl (C=O) groups is 1. The van der Waals surface area contributed by atoms with E-state index < -0.39 is 0 Å². The first-order valence-electron chi connectivity index (χ1n) is 9.15. The summed E-state index contributed by atoms with van der Waals surface area (Å²) in [6.07, 6.45) is 2.13. The van der Waals surface area contributed by atoms with Gasteiger partial charge in [0, 0.05) is 17.9 Å². The molecule has 0 bridgehead atoms. The van der Waals surface area contributed by atoms with E-state index >= 15 is 0 Å². The fourth-order valence-corrected chi connectivity index (χ4v) is 2.70. The molecule has 4 nitrogen and oxygen atoms in total. The second-order valence-corrected chi connectivity index (χ2v) is 6.24. The minimum absolute atomic E-state index is 0.0104. The third-order valence-corrected chi connectivity index (χ3v) is 4.10. The number of hydrogen-bond acceptors (Lipinski definition) is 3. The fraction of sp³-hybridized carbons (Fsp3) is 0.174. The summed E-state index contributed by atoms with van der Waals surface area (Å²) < 4.78 is 5.44. The lowest BCUT2D eigenvalue weighted by Gasteiger charge is -2.09. The Hall–Kier alpha value is -3.27. The number of anilines is 2. The van der Waals surface area contributed by atoms with E-state index in [2.05, 4.69) is 34.9 Å². The topological polar surface area (TPSA) is 50.4 Å². The highest BCUT2D eigenvalue weighted by Crippen LogP contribution is 2.14. The van der Waals surface area contributed by atoms with Crippen LogP contribution >= 0.6 is 0 Å². The highest BCUT2D eigenvalue weighted by atomic mass is 16.5. The van der Waals surface area contributed by atoms with Crippen molar-refractivity contribution >= 4 is 17.3 Å². The van der Waals surface area contributed by atoms with Crippen molar-refractivity contribution in [3.63, 3.8) is 0 Å². The molecule has 3 aromatic rings. The van der Waals surface area contributed by atoms with Crippen LogP contribution < -0.4 is 15.4 Å². The van der Waals surface area contributed by atoms with E-state index in [-0.39, 0.29) is 12.5 Å². The van der Waals surface area contributed by atoms with E-state index in [1.54, 1.807) is 0 Å². The third-order valence-electron chi connectivity index (χ3n) is 4.10. The predicted molar refractivity (Wildman–Crippen MR) is 110 cm³/mol. The van der Waals surface area contributed by atoms with Crippen molar-refractivity contribution in [1.82, 2.24) is 0 Å². The van der Waals surface area contributed by atoms with Crippen LogP contribution in [0.4, 0.5) is 11.4 Å². The Morgan fingerprint density at radius 1 is 0.778 bits per heavy atom. The highest BCUT2D eigenvalue weighted by Gasteiger charge is 2.03. The number of benzene rings is 3. The number of hydrogen-bond donors (Lipinski definition) is 2. The molecule has 0 aliphatic carbocycles. The van der Waals surface area contributed by atoms with Crippen LogP contribution in [-0.4, -0.2) is 19.1 Å². The molecule has 0 radical (unpaired) electrons. The van der Waals surface area contributed by atoms with Crippen molar-refractivity contribution in [2.24, 2.45) is 0 Å². The van der Waals surface area contributed by atoms with Gasteiger partial charge in [-0.15, -0.1) is 0 Å². The van der Waals surface area contributed by atoms with Gasteiger partial charge in [0.1, 0.15) is 5.75 Å². The van der Waals surface area contributed by atoms with E-state index in [0.29, 0.717) is 5.75 Å². The molecular weight excluding hydrogens is 336 g/mol. The lowest BCUT2D eigenvalue weighted by atomic mass is 10.1. The number of nitrogens with one attached hydrogen (secondary N) is 2. The Labute approximate surface area is 160 Å². The van der Waals surface area contributed by atoms with Crippen molar-refractivity contribution < 1.29 is 9.53 Å². The van der Waals surface area contributed by atoms with Gasteiger partial charge in [-0.1, -0.05) is 48.5 Å².